The van der Waals surface area contributed by atoms with E-state index in [1.807, 2.05) is 6.20 Å². The van der Waals surface area contributed by atoms with Crippen LogP contribution in [0.1, 0.15) is 29.9 Å². The third-order valence-electron chi connectivity index (χ3n) is 6.17. The minimum absolute atomic E-state index is 0.762. The number of aromatic nitrogens is 4. The van der Waals surface area contributed by atoms with Gasteiger partial charge in [-0.2, -0.15) is 0 Å². The van der Waals surface area contributed by atoms with Crippen molar-refractivity contribution in [2.24, 2.45) is 11.8 Å². The van der Waals surface area contributed by atoms with Gasteiger partial charge in [0.25, 0.3) is 0 Å². The largest absolute Gasteiger partial charge is 0.356 e. The van der Waals surface area contributed by atoms with Crippen LogP contribution in [0.15, 0.2) is 18.7 Å². The molecule has 6 nitrogen and oxygen atoms in total. The van der Waals surface area contributed by atoms with Crippen LogP contribution < -0.4 is 4.90 Å². The molecule has 2 fully saturated rings. The van der Waals surface area contributed by atoms with Crippen molar-refractivity contribution in [3.63, 3.8) is 0 Å². The lowest BCUT2D eigenvalue weighted by Gasteiger charge is -2.24. The fourth-order valence-electron chi connectivity index (χ4n) is 4.95. The molecule has 2 saturated heterocycles. The van der Waals surface area contributed by atoms with Gasteiger partial charge in [0, 0.05) is 63.6 Å². The van der Waals surface area contributed by atoms with E-state index in [1.54, 1.807) is 6.33 Å². The molecule has 0 amide bonds. The van der Waals surface area contributed by atoms with E-state index in [-0.39, 0.29) is 0 Å². The Morgan fingerprint density at radius 3 is 2.68 bits per heavy atom. The van der Waals surface area contributed by atoms with Gasteiger partial charge in [0.1, 0.15) is 18.0 Å². The summed E-state index contributed by atoms with van der Waals surface area (Å²) in [4.78, 5) is 18.4. The molecule has 2 atom stereocenters. The standard InChI is InChI=1S/C19H26N6/c1-14-6-20-13-22-19(14)24-10-15-8-23(9-16(15)11-24)12-17-7-21-18-4-2-3-5-25(17)18/h6-7,13,15-16H,2-5,8-12H2,1H3. The second-order valence-corrected chi connectivity index (χ2v) is 7.92. The summed E-state index contributed by atoms with van der Waals surface area (Å²) in [6.45, 7) is 8.99. The van der Waals surface area contributed by atoms with Crippen molar-refractivity contribution in [3.8, 4) is 0 Å². The fraction of sp³-hybridized carbons (Fsp3) is 0.632. The van der Waals surface area contributed by atoms with Gasteiger partial charge in [-0.3, -0.25) is 4.90 Å². The first-order valence-electron chi connectivity index (χ1n) is 9.55. The number of nitrogens with zero attached hydrogens (tertiary/aromatic N) is 6. The maximum absolute atomic E-state index is 4.65. The van der Waals surface area contributed by atoms with E-state index in [0.717, 1.165) is 50.3 Å². The molecular weight excluding hydrogens is 312 g/mol. The SMILES string of the molecule is Cc1cncnc1N1CC2CN(Cc3cnc4n3CCCC4)CC2C1. The van der Waals surface area contributed by atoms with Gasteiger partial charge in [-0.05, 0) is 31.6 Å². The van der Waals surface area contributed by atoms with Gasteiger partial charge in [-0.1, -0.05) is 0 Å². The predicted octanol–water partition coefficient (Wildman–Crippen LogP) is 1.89. The summed E-state index contributed by atoms with van der Waals surface area (Å²) in [6.07, 6.45) is 9.46. The molecule has 2 aromatic heterocycles. The number of fused-ring (bicyclic) bond motifs is 2. The highest BCUT2D eigenvalue weighted by Gasteiger charge is 2.40. The molecule has 25 heavy (non-hydrogen) atoms. The van der Waals surface area contributed by atoms with Gasteiger partial charge < -0.3 is 9.47 Å². The lowest BCUT2D eigenvalue weighted by molar-refractivity contribution is 0.297. The van der Waals surface area contributed by atoms with Crippen LogP contribution in [0.5, 0.6) is 0 Å². The van der Waals surface area contributed by atoms with Gasteiger partial charge in [0.2, 0.25) is 0 Å². The van der Waals surface area contributed by atoms with Crippen LogP contribution in [0.2, 0.25) is 0 Å². The Morgan fingerprint density at radius 1 is 1.04 bits per heavy atom. The van der Waals surface area contributed by atoms with Crippen LogP contribution in [0.4, 0.5) is 5.82 Å². The average molecular weight is 338 g/mol. The Balaban J connectivity index is 1.24. The van der Waals surface area contributed by atoms with Gasteiger partial charge in [-0.25, -0.2) is 15.0 Å². The zero-order valence-corrected chi connectivity index (χ0v) is 14.9. The molecule has 0 aliphatic carbocycles. The quantitative estimate of drug-likeness (QED) is 0.855. The Morgan fingerprint density at radius 2 is 1.88 bits per heavy atom. The van der Waals surface area contributed by atoms with E-state index in [4.69, 9.17) is 0 Å². The van der Waals surface area contributed by atoms with Crippen LogP contribution in [0.3, 0.4) is 0 Å². The van der Waals surface area contributed by atoms with E-state index >= 15 is 0 Å². The summed E-state index contributed by atoms with van der Waals surface area (Å²) in [7, 11) is 0. The van der Waals surface area contributed by atoms with Crippen LogP contribution in [0, 0.1) is 18.8 Å². The maximum Gasteiger partial charge on any atom is 0.134 e. The van der Waals surface area contributed by atoms with Gasteiger partial charge >= 0.3 is 0 Å². The second-order valence-electron chi connectivity index (χ2n) is 7.92. The van der Waals surface area contributed by atoms with Crippen molar-refractivity contribution >= 4 is 5.82 Å². The summed E-state index contributed by atoms with van der Waals surface area (Å²) in [5, 5.41) is 0. The zero-order chi connectivity index (χ0) is 16.8. The van der Waals surface area contributed by atoms with Crippen LogP contribution in [-0.2, 0) is 19.5 Å². The Bertz CT molecular complexity index is 755. The van der Waals surface area contributed by atoms with Crippen molar-refractivity contribution in [3.05, 3.63) is 35.8 Å². The molecule has 5 rings (SSSR count). The van der Waals surface area contributed by atoms with Gasteiger partial charge in [0.15, 0.2) is 0 Å². The smallest absolute Gasteiger partial charge is 0.134 e. The Hall–Kier alpha value is -1.95. The molecule has 3 aliphatic rings. The van der Waals surface area contributed by atoms with Crippen molar-refractivity contribution in [2.75, 3.05) is 31.1 Å². The van der Waals surface area contributed by atoms with E-state index < -0.39 is 0 Å². The van der Waals surface area contributed by atoms with Gasteiger partial charge in [0.05, 0.1) is 5.69 Å². The topological polar surface area (TPSA) is 50.1 Å². The summed E-state index contributed by atoms with van der Waals surface area (Å²) in [6, 6.07) is 0. The molecule has 0 spiro atoms. The summed E-state index contributed by atoms with van der Waals surface area (Å²) >= 11 is 0. The number of imidazole rings is 1. The molecule has 132 valence electrons. The highest BCUT2D eigenvalue weighted by Crippen LogP contribution is 2.34. The minimum Gasteiger partial charge on any atom is -0.356 e. The number of anilines is 1. The monoisotopic (exact) mass is 338 g/mol. The minimum atomic E-state index is 0.762. The van der Waals surface area contributed by atoms with E-state index in [2.05, 4.69) is 42.4 Å². The number of hydrogen-bond donors (Lipinski definition) is 0. The molecule has 3 aliphatic heterocycles. The number of aryl methyl sites for hydroxylation is 2. The highest BCUT2D eigenvalue weighted by atomic mass is 15.3. The van der Waals surface area contributed by atoms with Crippen LogP contribution in [0.25, 0.3) is 0 Å². The molecule has 0 aromatic carbocycles. The lowest BCUT2D eigenvalue weighted by Crippen LogP contribution is -2.30. The molecule has 0 saturated carbocycles. The maximum atomic E-state index is 4.65. The molecule has 0 bridgehead atoms. The van der Waals surface area contributed by atoms with Crippen LogP contribution >= 0.6 is 0 Å². The van der Waals surface area contributed by atoms with E-state index in [9.17, 15) is 0 Å². The number of rotatable bonds is 3. The molecule has 5 heterocycles. The molecule has 0 radical (unpaired) electrons. The molecular formula is C19H26N6. The summed E-state index contributed by atoms with van der Waals surface area (Å²) in [5.41, 5.74) is 2.60. The lowest BCUT2D eigenvalue weighted by atomic mass is 10.0. The first-order valence-corrected chi connectivity index (χ1v) is 9.55. The van der Waals surface area contributed by atoms with E-state index in [0.29, 0.717) is 0 Å². The van der Waals surface area contributed by atoms with Crippen molar-refractivity contribution in [2.45, 2.75) is 39.3 Å². The highest BCUT2D eigenvalue weighted by molar-refractivity contribution is 5.46. The van der Waals surface area contributed by atoms with E-state index in [1.165, 1.54) is 43.0 Å². The molecule has 6 heteroatoms. The average Bonchev–Trinajstić information content (AvgIpc) is 3.29. The number of hydrogen-bond acceptors (Lipinski definition) is 5. The predicted molar refractivity (Wildman–Crippen MR) is 96.4 cm³/mol. The normalized spacial score (nSPS) is 26.0. The van der Waals surface area contributed by atoms with Gasteiger partial charge in [-0.15, -0.1) is 0 Å². The Kier molecular flexibility index (Phi) is 3.73. The molecule has 2 unspecified atom stereocenters. The number of likely N-dealkylation sites (tertiary alicyclic amines) is 1. The third-order valence-corrected chi connectivity index (χ3v) is 6.17. The molecule has 0 N–H and O–H groups in total. The fourth-order valence-corrected chi connectivity index (χ4v) is 4.95. The zero-order valence-electron chi connectivity index (χ0n) is 14.9. The second kappa shape index (κ2) is 6.09. The first kappa shape index (κ1) is 15.3. The van der Waals surface area contributed by atoms with Crippen molar-refractivity contribution < 1.29 is 0 Å². The molecule has 2 aromatic rings. The summed E-state index contributed by atoms with van der Waals surface area (Å²) < 4.78 is 2.47. The Labute approximate surface area is 148 Å². The van der Waals surface area contributed by atoms with Crippen LogP contribution in [-0.4, -0.2) is 50.6 Å². The van der Waals surface area contributed by atoms with Crippen molar-refractivity contribution in [1.82, 2.24) is 24.4 Å². The van der Waals surface area contributed by atoms with Crippen molar-refractivity contribution in [1.29, 1.82) is 0 Å². The third kappa shape index (κ3) is 2.72. The summed E-state index contributed by atoms with van der Waals surface area (Å²) in [5.74, 6) is 3.95. The first-order chi connectivity index (χ1) is 12.3.